The molecule has 14 heteroatoms. The van der Waals surface area contributed by atoms with E-state index in [1.165, 1.54) is 19.2 Å². The van der Waals surface area contributed by atoms with Crippen LogP contribution in [0.2, 0.25) is 0 Å². The number of hydrazine groups is 1. The second-order valence-electron chi connectivity index (χ2n) is 15.2. The molecule has 298 valence electrons. The molecular formula is C41H57N7O7. The fourth-order valence-electron chi connectivity index (χ4n) is 7.75. The molecule has 0 spiro atoms. The molecule has 1 saturated carbocycles. The van der Waals surface area contributed by atoms with Crippen molar-refractivity contribution in [2.75, 3.05) is 20.8 Å². The zero-order valence-electron chi connectivity index (χ0n) is 33.0. The Labute approximate surface area is 323 Å². The third-order valence-electron chi connectivity index (χ3n) is 10.9. The highest BCUT2D eigenvalue weighted by Gasteiger charge is 2.40. The zero-order valence-corrected chi connectivity index (χ0v) is 33.0. The van der Waals surface area contributed by atoms with Crippen LogP contribution in [0.25, 0.3) is 22.4 Å². The van der Waals surface area contributed by atoms with Crippen molar-refractivity contribution >= 4 is 24.0 Å². The molecule has 3 unspecified atom stereocenters. The largest absolute Gasteiger partial charge is 0.453 e. The molecule has 6 atom stereocenters. The summed E-state index contributed by atoms with van der Waals surface area (Å²) >= 11 is 0. The summed E-state index contributed by atoms with van der Waals surface area (Å²) in [7, 11) is 2.56. The minimum Gasteiger partial charge on any atom is -0.453 e. The van der Waals surface area contributed by atoms with Gasteiger partial charge in [-0.1, -0.05) is 75.2 Å². The number of benzene rings is 2. The number of nitrogens with zero attached hydrogens (tertiary/aromatic N) is 3. The van der Waals surface area contributed by atoms with Crippen molar-refractivity contribution in [1.29, 1.82) is 0 Å². The first-order valence-corrected chi connectivity index (χ1v) is 19.3. The number of carbonyl (C=O) groups excluding carboxylic acids is 4. The maximum Gasteiger partial charge on any atom is 0.425 e. The summed E-state index contributed by atoms with van der Waals surface area (Å²) in [6, 6.07) is 15.1. The molecular weight excluding hydrogens is 702 g/mol. The Morgan fingerprint density at radius 1 is 0.818 bits per heavy atom. The van der Waals surface area contributed by atoms with Crippen LogP contribution in [0, 0.1) is 17.8 Å². The lowest BCUT2D eigenvalue weighted by Gasteiger charge is -2.35. The third-order valence-corrected chi connectivity index (χ3v) is 10.9. The topological polar surface area (TPSA) is 178 Å². The predicted octanol–water partition coefficient (Wildman–Crippen LogP) is 6.07. The first-order valence-electron chi connectivity index (χ1n) is 19.3. The fraction of sp³-hybridized carbons (Fsp3) is 0.537. The van der Waals surface area contributed by atoms with Gasteiger partial charge >= 0.3 is 12.2 Å². The van der Waals surface area contributed by atoms with Crippen LogP contribution >= 0.6 is 0 Å². The van der Waals surface area contributed by atoms with Crippen LogP contribution in [0.1, 0.15) is 96.6 Å². The van der Waals surface area contributed by atoms with Gasteiger partial charge in [0.05, 0.1) is 50.2 Å². The molecule has 0 radical (unpaired) electrons. The van der Waals surface area contributed by atoms with Crippen molar-refractivity contribution in [1.82, 2.24) is 35.9 Å². The zero-order chi connectivity index (χ0) is 39.8. The van der Waals surface area contributed by atoms with E-state index >= 15 is 0 Å². The average molecular weight is 760 g/mol. The Morgan fingerprint density at radius 2 is 1.42 bits per heavy atom. The first-order chi connectivity index (χ1) is 26.3. The summed E-state index contributed by atoms with van der Waals surface area (Å²) in [5.74, 6) is -0.722. The normalized spacial score (nSPS) is 20.4. The highest BCUT2D eigenvalue weighted by Crippen LogP contribution is 2.35. The maximum absolute atomic E-state index is 13.6. The van der Waals surface area contributed by atoms with Crippen molar-refractivity contribution in [3.8, 4) is 22.4 Å². The van der Waals surface area contributed by atoms with Crippen LogP contribution in [0.15, 0.2) is 54.7 Å². The number of imidazole rings is 1. The summed E-state index contributed by atoms with van der Waals surface area (Å²) in [4.78, 5) is 61.2. The Hall–Kier alpha value is -4.95. The number of aliphatic hydroxyl groups is 1. The van der Waals surface area contributed by atoms with Gasteiger partial charge in [-0.15, -0.1) is 0 Å². The molecule has 4 amide bonds. The van der Waals surface area contributed by atoms with Crippen molar-refractivity contribution in [3.63, 3.8) is 0 Å². The van der Waals surface area contributed by atoms with Crippen LogP contribution in [0.4, 0.5) is 9.59 Å². The minimum atomic E-state index is -0.899. The van der Waals surface area contributed by atoms with Crippen LogP contribution < -0.4 is 16.1 Å². The molecule has 1 saturated heterocycles. The van der Waals surface area contributed by atoms with Crippen LogP contribution in [0.3, 0.4) is 0 Å². The number of aliphatic hydroxyl groups excluding tert-OH is 1. The summed E-state index contributed by atoms with van der Waals surface area (Å²) in [5.41, 5.74) is 7.37. The fourth-order valence-corrected chi connectivity index (χ4v) is 7.75. The van der Waals surface area contributed by atoms with Gasteiger partial charge in [-0.3, -0.25) is 14.5 Å². The van der Waals surface area contributed by atoms with Gasteiger partial charge in [-0.05, 0) is 74.6 Å². The Balaban J connectivity index is 1.21. The summed E-state index contributed by atoms with van der Waals surface area (Å²) in [6.45, 7) is 10.1. The number of aromatic nitrogens is 2. The smallest absolute Gasteiger partial charge is 0.425 e. The maximum atomic E-state index is 13.6. The molecule has 14 nitrogen and oxygen atoms in total. The number of H-pyrrole nitrogens is 1. The van der Waals surface area contributed by atoms with Gasteiger partial charge in [0.15, 0.2) is 0 Å². The third kappa shape index (κ3) is 9.84. The number of hydrogen-bond donors (Lipinski definition) is 5. The predicted molar refractivity (Wildman–Crippen MR) is 208 cm³/mol. The number of likely N-dealkylation sites (tertiary alicyclic amines) is 1. The van der Waals surface area contributed by atoms with Gasteiger partial charge in [-0.25, -0.2) is 25.0 Å². The molecule has 5 N–H and O–H groups in total. The molecule has 55 heavy (non-hydrogen) atoms. The number of ether oxygens (including phenoxy) is 2. The average Bonchev–Trinajstić information content (AvgIpc) is 3.89. The first kappa shape index (κ1) is 41.2. The number of methoxy groups -OCH3 is 2. The van der Waals surface area contributed by atoms with Gasteiger partial charge < -0.3 is 30.2 Å². The highest BCUT2D eigenvalue weighted by atomic mass is 16.5. The number of nitrogens with one attached hydrogen (secondary N) is 4. The van der Waals surface area contributed by atoms with Crippen molar-refractivity contribution < 1.29 is 33.8 Å². The SMILES string of the molecule is COC(=O)N[C@@H](C(C)C)C(O)N1CCC[C@H]1c1ncc(-c2ccc(-c3ccc([C@H](C)NC(=O)C4CCCCC4C(=O)N(NC(=O)OC)C(C)C)cc3)cc2)[nH]1. The van der Waals surface area contributed by atoms with E-state index in [1.807, 2.05) is 68.3 Å². The summed E-state index contributed by atoms with van der Waals surface area (Å²) < 4.78 is 9.49. The Kier molecular flexibility index (Phi) is 13.9. The van der Waals surface area contributed by atoms with Gasteiger partial charge in [0.25, 0.3) is 0 Å². The standard InChI is InChI=1S/C41H57N7O7/c1-24(2)35(45-40(52)54-6)39(51)47-22-10-13-34(47)36-42-23-33(44-36)30-20-18-29(19-21-30)28-16-14-27(15-17-28)26(5)43-37(49)31-11-8-9-12-32(31)38(50)48(25(3)4)46-41(53)55-7/h14-21,23-26,31-32,34-35,39,51H,8-13,22H2,1-7H3,(H,42,44)(H,43,49)(H,45,52)(H,46,53)/t26-,31?,32?,34-,35-,39?/m0/s1. The summed E-state index contributed by atoms with van der Waals surface area (Å²) in [6.07, 6.45) is 4.23. The number of aromatic amines is 1. The second-order valence-corrected chi connectivity index (χ2v) is 15.2. The van der Waals surface area contributed by atoms with E-state index in [-0.39, 0.29) is 35.9 Å². The van der Waals surface area contributed by atoms with Gasteiger partial charge in [0, 0.05) is 18.5 Å². The van der Waals surface area contributed by atoms with Crippen LogP contribution in [0.5, 0.6) is 0 Å². The minimum absolute atomic E-state index is 0.0131. The lowest BCUT2D eigenvalue weighted by Crippen LogP contribution is -2.54. The molecule has 2 aliphatic rings. The van der Waals surface area contributed by atoms with E-state index in [0.29, 0.717) is 19.4 Å². The van der Waals surface area contributed by atoms with E-state index in [9.17, 15) is 24.3 Å². The molecule has 1 aromatic heterocycles. The quantitative estimate of drug-likeness (QED) is 0.137. The van der Waals surface area contributed by atoms with E-state index < -0.39 is 36.3 Å². The molecule has 2 fully saturated rings. The molecule has 3 aromatic rings. The van der Waals surface area contributed by atoms with E-state index in [2.05, 4.69) is 33.2 Å². The Morgan fingerprint density at radius 3 is 2.02 bits per heavy atom. The lowest BCUT2D eigenvalue weighted by atomic mass is 9.77. The molecule has 5 rings (SSSR count). The molecule has 1 aliphatic heterocycles. The number of hydrogen-bond acceptors (Lipinski definition) is 9. The monoisotopic (exact) mass is 759 g/mol. The Bertz CT molecular complexity index is 1760. The molecule has 2 aromatic carbocycles. The van der Waals surface area contributed by atoms with Crippen LogP contribution in [-0.4, -0.2) is 88.1 Å². The van der Waals surface area contributed by atoms with E-state index in [0.717, 1.165) is 59.5 Å². The molecule has 1 aliphatic carbocycles. The molecule has 0 bridgehead atoms. The highest BCUT2D eigenvalue weighted by molar-refractivity contribution is 5.89. The number of amides is 4. The van der Waals surface area contributed by atoms with E-state index in [1.54, 1.807) is 13.8 Å². The number of rotatable bonds is 12. The van der Waals surface area contributed by atoms with Gasteiger partial charge in [0.1, 0.15) is 12.1 Å². The van der Waals surface area contributed by atoms with Crippen molar-refractivity contribution in [3.05, 3.63) is 66.1 Å². The summed E-state index contributed by atoms with van der Waals surface area (Å²) in [5, 5.41) is 18.5. The number of alkyl carbamates (subject to hydrolysis) is 1. The van der Waals surface area contributed by atoms with Gasteiger partial charge in [0.2, 0.25) is 11.8 Å². The van der Waals surface area contributed by atoms with Crippen LogP contribution in [-0.2, 0) is 19.1 Å². The molecule has 2 heterocycles. The van der Waals surface area contributed by atoms with Gasteiger partial charge in [-0.2, -0.15) is 0 Å². The van der Waals surface area contributed by atoms with E-state index in [4.69, 9.17) is 14.5 Å². The van der Waals surface area contributed by atoms with Crippen molar-refractivity contribution in [2.45, 2.75) is 104 Å². The van der Waals surface area contributed by atoms with Crippen molar-refractivity contribution in [2.24, 2.45) is 17.8 Å². The second kappa shape index (κ2) is 18.6. The number of carbonyl (C=O) groups is 4. The lowest BCUT2D eigenvalue weighted by molar-refractivity contribution is -0.147.